The smallest absolute Gasteiger partial charge is 0.266 e. The molecule has 138 valence electrons. The van der Waals surface area contributed by atoms with E-state index >= 15 is 0 Å². The molecule has 1 amide bonds. The van der Waals surface area contributed by atoms with Gasteiger partial charge in [-0.25, -0.2) is 0 Å². The lowest BCUT2D eigenvalue weighted by Gasteiger charge is -2.11. The van der Waals surface area contributed by atoms with Crippen molar-refractivity contribution in [2.45, 2.75) is 72.6 Å². The van der Waals surface area contributed by atoms with Gasteiger partial charge in [-0.1, -0.05) is 39.5 Å². The Morgan fingerprint density at radius 3 is 2.52 bits per heavy atom. The van der Waals surface area contributed by atoms with Crippen LogP contribution < -0.4 is 10.9 Å². The molecular formula is C20H31N3O2. The van der Waals surface area contributed by atoms with Gasteiger partial charge in [-0.2, -0.15) is 5.26 Å². The van der Waals surface area contributed by atoms with E-state index in [0.29, 0.717) is 24.9 Å². The third kappa shape index (κ3) is 7.13. The summed E-state index contributed by atoms with van der Waals surface area (Å²) in [5.41, 5.74) is 2.09. The van der Waals surface area contributed by atoms with Crippen LogP contribution >= 0.6 is 0 Å². The minimum Gasteiger partial charge on any atom is -0.356 e. The number of carbonyl (C=O) groups excluding carboxylic acids is 1. The second-order valence-electron chi connectivity index (χ2n) is 7.12. The largest absolute Gasteiger partial charge is 0.356 e. The molecule has 0 aliphatic heterocycles. The van der Waals surface area contributed by atoms with Crippen molar-refractivity contribution in [3.8, 4) is 6.07 Å². The molecule has 1 rings (SSSR count). The van der Waals surface area contributed by atoms with Crippen molar-refractivity contribution in [3.05, 3.63) is 32.7 Å². The van der Waals surface area contributed by atoms with E-state index in [0.717, 1.165) is 30.0 Å². The van der Waals surface area contributed by atoms with Gasteiger partial charge in [-0.15, -0.1) is 0 Å². The van der Waals surface area contributed by atoms with E-state index in [2.05, 4.69) is 24.1 Å². The van der Waals surface area contributed by atoms with Gasteiger partial charge >= 0.3 is 0 Å². The van der Waals surface area contributed by atoms with Crippen LogP contribution in [0.3, 0.4) is 0 Å². The number of aromatic nitrogens is 1. The van der Waals surface area contributed by atoms with E-state index in [1.54, 1.807) is 13.8 Å². The maximum absolute atomic E-state index is 12.0. The predicted molar refractivity (Wildman–Crippen MR) is 101 cm³/mol. The first kappa shape index (κ1) is 21.0. The van der Waals surface area contributed by atoms with Crippen molar-refractivity contribution >= 4 is 5.91 Å². The standard InChI is InChI=1S/C20H31N3O2/c1-14(2)9-7-5-6-8-12-22-19(24)11-10-17-15(3)18(13-21)20(25)23-16(17)4/h14H,5-12H2,1-4H3,(H,22,24)(H,23,25). The zero-order valence-corrected chi connectivity index (χ0v) is 16.0. The zero-order chi connectivity index (χ0) is 18.8. The Balaban J connectivity index is 2.36. The number of pyridine rings is 1. The molecule has 0 aromatic carbocycles. The number of aromatic amines is 1. The molecule has 0 aliphatic rings. The monoisotopic (exact) mass is 345 g/mol. The Hall–Kier alpha value is -2.09. The van der Waals surface area contributed by atoms with Crippen LogP contribution in [0.1, 0.15) is 74.8 Å². The summed E-state index contributed by atoms with van der Waals surface area (Å²) in [4.78, 5) is 26.4. The van der Waals surface area contributed by atoms with Crippen molar-refractivity contribution in [1.82, 2.24) is 10.3 Å². The van der Waals surface area contributed by atoms with Crippen LogP contribution in [0.4, 0.5) is 0 Å². The number of carbonyl (C=O) groups is 1. The van der Waals surface area contributed by atoms with E-state index in [-0.39, 0.29) is 17.0 Å². The molecule has 0 atom stereocenters. The molecule has 5 heteroatoms. The molecule has 0 saturated carbocycles. The molecule has 1 aromatic rings. The molecule has 0 saturated heterocycles. The number of rotatable bonds is 10. The minimum absolute atomic E-state index is 0.0192. The van der Waals surface area contributed by atoms with Crippen LogP contribution in [0.2, 0.25) is 0 Å². The highest BCUT2D eigenvalue weighted by atomic mass is 16.1. The van der Waals surface area contributed by atoms with Crippen molar-refractivity contribution in [2.24, 2.45) is 5.92 Å². The average molecular weight is 345 g/mol. The predicted octanol–water partition coefficient (Wildman–Crippen LogP) is 3.52. The molecule has 0 unspecified atom stereocenters. The first-order chi connectivity index (χ1) is 11.9. The second kappa shape index (κ2) is 10.7. The number of H-pyrrole nitrogens is 1. The highest BCUT2D eigenvalue weighted by Crippen LogP contribution is 2.15. The Bertz CT molecular complexity index is 669. The highest BCUT2D eigenvalue weighted by Gasteiger charge is 2.13. The molecular weight excluding hydrogens is 314 g/mol. The van der Waals surface area contributed by atoms with Gasteiger partial charge in [-0.3, -0.25) is 9.59 Å². The fraction of sp³-hybridized carbons (Fsp3) is 0.650. The van der Waals surface area contributed by atoms with Gasteiger partial charge in [0.2, 0.25) is 5.91 Å². The lowest BCUT2D eigenvalue weighted by Crippen LogP contribution is -2.25. The molecule has 25 heavy (non-hydrogen) atoms. The number of nitrogens with zero attached hydrogens (tertiary/aromatic N) is 1. The first-order valence-electron chi connectivity index (χ1n) is 9.26. The number of aryl methyl sites for hydroxylation is 1. The van der Waals surface area contributed by atoms with Crippen molar-refractivity contribution in [2.75, 3.05) is 6.54 Å². The maximum Gasteiger partial charge on any atom is 0.266 e. The van der Waals surface area contributed by atoms with Crippen molar-refractivity contribution in [3.63, 3.8) is 0 Å². The number of hydrogen-bond acceptors (Lipinski definition) is 3. The van der Waals surface area contributed by atoms with Gasteiger partial charge in [0.15, 0.2) is 0 Å². The van der Waals surface area contributed by atoms with Crippen LogP contribution in [0.5, 0.6) is 0 Å². The number of amides is 1. The summed E-state index contributed by atoms with van der Waals surface area (Å²) in [7, 11) is 0. The van der Waals surface area contributed by atoms with Gasteiger partial charge in [0, 0.05) is 18.7 Å². The van der Waals surface area contributed by atoms with Crippen molar-refractivity contribution < 1.29 is 4.79 Å². The lowest BCUT2D eigenvalue weighted by atomic mass is 9.99. The maximum atomic E-state index is 12.0. The van der Waals surface area contributed by atoms with E-state index in [9.17, 15) is 9.59 Å². The Morgan fingerprint density at radius 2 is 1.88 bits per heavy atom. The molecule has 0 radical (unpaired) electrons. The average Bonchev–Trinajstić information content (AvgIpc) is 2.53. The number of unbranched alkanes of at least 4 members (excludes halogenated alkanes) is 3. The van der Waals surface area contributed by atoms with E-state index in [1.807, 2.05) is 6.07 Å². The summed E-state index contributed by atoms with van der Waals surface area (Å²) in [6, 6.07) is 1.94. The first-order valence-corrected chi connectivity index (χ1v) is 9.26. The number of nitrogens with one attached hydrogen (secondary N) is 2. The van der Waals surface area contributed by atoms with E-state index in [1.165, 1.54) is 19.3 Å². The minimum atomic E-state index is -0.358. The number of nitriles is 1. The topological polar surface area (TPSA) is 85.8 Å². The SMILES string of the molecule is Cc1[nH]c(=O)c(C#N)c(C)c1CCC(=O)NCCCCCCC(C)C. The highest BCUT2D eigenvalue weighted by molar-refractivity contribution is 5.76. The van der Waals surface area contributed by atoms with Gasteiger partial charge in [-0.05, 0) is 43.7 Å². The molecule has 2 N–H and O–H groups in total. The normalized spacial score (nSPS) is 10.7. The summed E-state index contributed by atoms with van der Waals surface area (Å²) in [6.07, 6.45) is 6.82. The molecule has 0 spiro atoms. The molecule has 0 aliphatic carbocycles. The zero-order valence-electron chi connectivity index (χ0n) is 16.0. The van der Waals surface area contributed by atoms with Crippen LogP contribution in [0.15, 0.2) is 4.79 Å². The summed E-state index contributed by atoms with van der Waals surface area (Å²) >= 11 is 0. The van der Waals surface area contributed by atoms with Crippen LogP contribution in [0, 0.1) is 31.1 Å². The Kier molecular flexibility index (Phi) is 8.98. The molecule has 0 fully saturated rings. The van der Waals surface area contributed by atoms with E-state index in [4.69, 9.17) is 5.26 Å². The quantitative estimate of drug-likeness (QED) is 0.636. The Morgan fingerprint density at radius 1 is 1.20 bits per heavy atom. The third-order valence-corrected chi connectivity index (χ3v) is 4.55. The molecule has 1 heterocycles. The summed E-state index contributed by atoms with van der Waals surface area (Å²) in [5, 5.41) is 12.0. The number of hydrogen-bond donors (Lipinski definition) is 2. The van der Waals surface area contributed by atoms with Crippen LogP contribution in [0.25, 0.3) is 0 Å². The van der Waals surface area contributed by atoms with E-state index < -0.39 is 0 Å². The van der Waals surface area contributed by atoms with Crippen LogP contribution in [-0.2, 0) is 11.2 Å². The lowest BCUT2D eigenvalue weighted by molar-refractivity contribution is -0.121. The summed E-state index contributed by atoms with van der Waals surface area (Å²) in [5.74, 6) is 0.784. The molecule has 5 nitrogen and oxygen atoms in total. The van der Waals surface area contributed by atoms with Gasteiger partial charge in [0.25, 0.3) is 5.56 Å². The van der Waals surface area contributed by atoms with Crippen molar-refractivity contribution in [1.29, 1.82) is 5.26 Å². The second-order valence-corrected chi connectivity index (χ2v) is 7.12. The third-order valence-electron chi connectivity index (χ3n) is 4.55. The van der Waals surface area contributed by atoms with Gasteiger partial charge < -0.3 is 10.3 Å². The fourth-order valence-electron chi connectivity index (χ4n) is 3.01. The van der Waals surface area contributed by atoms with Gasteiger partial charge in [0.1, 0.15) is 11.6 Å². The van der Waals surface area contributed by atoms with Crippen LogP contribution in [-0.4, -0.2) is 17.4 Å². The Labute approximate surface area is 150 Å². The van der Waals surface area contributed by atoms with Gasteiger partial charge in [0.05, 0.1) is 0 Å². The fourth-order valence-corrected chi connectivity index (χ4v) is 3.01. The molecule has 1 aromatic heterocycles. The molecule has 0 bridgehead atoms. The summed E-state index contributed by atoms with van der Waals surface area (Å²) in [6.45, 7) is 8.77. The summed E-state index contributed by atoms with van der Waals surface area (Å²) < 4.78 is 0.